The van der Waals surface area contributed by atoms with Crippen molar-refractivity contribution in [2.45, 2.75) is 4.21 Å². The molecule has 0 aliphatic heterocycles. The van der Waals surface area contributed by atoms with Gasteiger partial charge in [-0.2, -0.15) is 0 Å². The number of sulfonamides is 1. The minimum atomic E-state index is -3.74. The van der Waals surface area contributed by atoms with Crippen molar-refractivity contribution in [3.05, 3.63) is 17.0 Å². The molecule has 0 bridgehead atoms. The molecule has 2 N–H and O–H groups in total. The minimum absolute atomic E-state index is 0.0460. The molecular formula is C7H10N2O4S2. The highest BCUT2D eigenvalue weighted by Gasteiger charge is 2.17. The number of hydrogen-bond donors (Lipinski definition) is 1. The summed E-state index contributed by atoms with van der Waals surface area (Å²) in [6.07, 6.45) is 0. The number of primary sulfonamides is 1. The molecule has 6 nitrogen and oxygen atoms in total. The first kappa shape index (κ1) is 12.1. The molecule has 0 aliphatic rings. The van der Waals surface area contributed by atoms with E-state index in [4.69, 9.17) is 5.14 Å². The van der Waals surface area contributed by atoms with Crippen LogP contribution in [0.2, 0.25) is 0 Å². The summed E-state index contributed by atoms with van der Waals surface area (Å²) in [6.45, 7) is 0. The summed E-state index contributed by atoms with van der Waals surface area (Å²) >= 11 is 0.897. The maximum atomic E-state index is 11.5. The molecular weight excluding hydrogens is 240 g/mol. The third-order valence-corrected chi connectivity index (χ3v) is 4.05. The number of thiophene rings is 1. The van der Waals surface area contributed by atoms with Gasteiger partial charge in [0.05, 0.1) is 12.7 Å². The van der Waals surface area contributed by atoms with E-state index < -0.39 is 15.9 Å². The molecule has 0 saturated heterocycles. The van der Waals surface area contributed by atoms with E-state index in [1.165, 1.54) is 25.6 Å². The average Bonchev–Trinajstić information content (AvgIpc) is 2.63. The van der Waals surface area contributed by atoms with Crippen LogP contribution in [-0.4, -0.2) is 33.5 Å². The fraction of sp³-hybridized carbons (Fsp3) is 0.286. The first-order valence-electron chi connectivity index (χ1n) is 3.79. The Morgan fingerprint density at radius 1 is 1.60 bits per heavy atom. The molecule has 0 atom stereocenters. The standard InChI is InChI=1S/C7H10N2O4S2/c1-9(13-2)7(10)5-3-6(14-4-5)15(8,11)12/h3-4H,1-2H3,(H2,8,11,12). The first-order valence-corrected chi connectivity index (χ1v) is 6.22. The third-order valence-electron chi connectivity index (χ3n) is 1.66. The average molecular weight is 250 g/mol. The zero-order chi connectivity index (χ0) is 11.6. The molecule has 1 heterocycles. The Hall–Kier alpha value is -0.960. The monoisotopic (exact) mass is 250 g/mol. The van der Waals surface area contributed by atoms with Gasteiger partial charge in [-0.05, 0) is 6.07 Å². The molecule has 0 fully saturated rings. The van der Waals surface area contributed by atoms with E-state index >= 15 is 0 Å². The van der Waals surface area contributed by atoms with Crippen molar-refractivity contribution in [2.75, 3.05) is 14.2 Å². The molecule has 1 aromatic rings. The van der Waals surface area contributed by atoms with Gasteiger partial charge in [0.25, 0.3) is 5.91 Å². The summed E-state index contributed by atoms with van der Waals surface area (Å²) in [6, 6.07) is 1.22. The highest BCUT2D eigenvalue weighted by atomic mass is 32.2. The van der Waals surface area contributed by atoms with Crippen LogP contribution in [0.3, 0.4) is 0 Å². The predicted molar refractivity (Wildman–Crippen MR) is 54.8 cm³/mol. The molecule has 1 rings (SSSR count). The summed E-state index contributed by atoms with van der Waals surface area (Å²) < 4.78 is 21.8. The SMILES string of the molecule is CON(C)C(=O)c1csc(S(N)(=O)=O)c1. The fourth-order valence-electron chi connectivity index (χ4n) is 0.843. The van der Waals surface area contributed by atoms with Gasteiger partial charge >= 0.3 is 0 Å². The van der Waals surface area contributed by atoms with Crippen LogP contribution in [0, 0.1) is 0 Å². The van der Waals surface area contributed by atoms with Gasteiger partial charge in [-0.1, -0.05) is 0 Å². The lowest BCUT2D eigenvalue weighted by Crippen LogP contribution is -2.24. The van der Waals surface area contributed by atoms with Gasteiger partial charge in [-0.3, -0.25) is 9.63 Å². The number of nitrogens with two attached hydrogens (primary N) is 1. The lowest BCUT2D eigenvalue weighted by Gasteiger charge is -2.11. The van der Waals surface area contributed by atoms with Crippen LogP contribution in [0.1, 0.15) is 10.4 Å². The fourth-order valence-corrected chi connectivity index (χ4v) is 2.42. The van der Waals surface area contributed by atoms with Crippen molar-refractivity contribution >= 4 is 27.3 Å². The van der Waals surface area contributed by atoms with E-state index in [2.05, 4.69) is 4.84 Å². The summed E-state index contributed by atoms with van der Waals surface area (Å²) in [5.74, 6) is -0.427. The van der Waals surface area contributed by atoms with Gasteiger partial charge in [0, 0.05) is 12.4 Å². The van der Waals surface area contributed by atoms with E-state index in [0.29, 0.717) is 0 Å². The highest BCUT2D eigenvalue weighted by Crippen LogP contribution is 2.19. The number of carbonyl (C=O) groups is 1. The van der Waals surface area contributed by atoms with Gasteiger partial charge in [0.15, 0.2) is 0 Å². The predicted octanol–water partition coefficient (Wildman–Crippen LogP) is 0.0289. The second-order valence-electron chi connectivity index (χ2n) is 2.68. The van der Waals surface area contributed by atoms with Crippen molar-refractivity contribution in [3.63, 3.8) is 0 Å². The summed E-state index contributed by atoms with van der Waals surface area (Å²) in [5.41, 5.74) is 0.230. The Morgan fingerprint density at radius 3 is 2.60 bits per heavy atom. The molecule has 15 heavy (non-hydrogen) atoms. The lowest BCUT2D eigenvalue weighted by molar-refractivity contribution is -0.0756. The van der Waals surface area contributed by atoms with Crippen LogP contribution >= 0.6 is 11.3 Å². The van der Waals surface area contributed by atoms with Crippen LogP contribution in [0.4, 0.5) is 0 Å². The van der Waals surface area contributed by atoms with E-state index in [-0.39, 0.29) is 9.77 Å². The molecule has 1 amide bonds. The van der Waals surface area contributed by atoms with Crippen molar-refractivity contribution in [2.24, 2.45) is 5.14 Å². The van der Waals surface area contributed by atoms with E-state index in [1.54, 1.807) is 0 Å². The van der Waals surface area contributed by atoms with Crippen LogP contribution in [0.15, 0.2) is 15.7 Å². The lowest BCUT2D eigenvalue weighted by atomic mass is 10.3. The Labute approximate surface area is 91.3 Å². The Kier molecular flexibility index (Phi) is 3.45. The van der Waals surface area contributed by atoms with Crippen molar-refractivity contribution < 1.29 is 18.0 Å². The molecule has 84 valence electrons. The van der Waals surface area contributed by atoms with Crippen LogP contribution in [-0.2, 0) is 14.9 Å². The van der Waals surface area contributed by atoms with E-state index in [0.717, 1.165) is 16.4 Å². The number of nitrogens with zero attached hydrogens (tertiary/aromatic N) is 1. The van der Waals surface area contributed by atoms with Crippen molar-refractivity contribution in [3.8, 4) is 0 Å². The zero-order valence-electron chi connectivity index (χ0n) is 8.13. The first-order chi connectivity index (χ1) is 6.86. The van der Waals surface area contributed by atoms with Crippen molar-refractivity contribution in [1.82, 2.24) is 5.06 Å². The number of hydroxylamine groups is 2. The normalized spacial score (nSPS) is 11.4. The second kappa shape index (κ2) is 4.27. The van der Waals surface area contributed by atoms with Crippen LogP contribution in [0.5, 0.6) is 0 Å². The maximum Gasteiger partial charge on any atom is 0.278 e. The van der Waals surface area contributed by atoms with Gasteiger partial charge in [-0.25, -0.2) is 18.6 Å². The maximum absolute atomic E-state index is 11.5. The molecule has 0 saturated carbocycles. The highest BCUT2D eigenvalue weighted by molar-refractivity contribution is 7.91. The van der Waals surface area contributed by atoms with Gasteiger partial charge in [-0.15, -0.1) is 11.3 Å². The molecule has 0 aliphatic carbocycles. The molecule has 0 spiro atoms. The molecule has 0 aromatic carbocycles. The Morgan fingerprint density at radius 2 is 2.20 bits per heavy atom. The number of amides is 1. The van der Waals surface area contributed by atoms with Crippen LogP contribution < -0.4 is 5.14 Å². The van der Waals surface area contributed by atoms with Crippen LogP contribution in [0.25, 0.3) is 0 Å². The van der Waals surface area contributed by atoms with Gasteiger partial charge in [0.2, 0.25) is 10.0 Å². The number of carbonyl (C=O) groups excluding carboxylic acids is 1. The molecule has 8 heteroatoms. The van der Waals surface area contributed by atoms with E-state index in [1.807, 2.05) is 0 Å². The smallest absolute Gasteiger partial charge is 0.274 e. The third kappa shape index (κ3) is 2.75. The summed E-state index contributed by atoms with van der Waals surface area (Å²) in [5, 5.41) is 7.31. The summed E-state index contributed by atoms with van der Waals surface area (Å²) in [4.78, 5) is 16.2. The number of rotatable bonds is 3. The Balaban J connectivity index is 3.00. The van der Waals surface area contributed by atoms with E-state index in [9.17, 15) is 13.2 Å². The summed E-state index contributed by atoms with van der Waals surface area (Å²) in [7, 11) is -0.976. The van der Waals surface area contributed by atoms with Gasteiger partial charge in [0.1, 0.15) is 4.21 Å². The number of hydrogen-bond acceptors (Lipinski definition) is 5. The molecule has 0 radical (unpaired) electrons. The Bertz CT molecular complexity index is 465. The largest absolute Gasteiger partial charge is 0.278 e. The minimum Gasteiger partial charge on any atom is -0.274 e. The second-order valence-corrected chi connectivity index (χ2v) is 5.38. The van der Waals surface area contributed by atoms with Crippen molar-refractivity contribution in [1.29, 1.82) is 0 Å². The molecule has 0 unspecified atom stereocenters. The molecule has 1 aromatic heterocycles. The van der Waals surface area contributed by atoms with Gasteiger partial charge < -0.3 is 0 Å². The zero-order valence-corrected chi connectivity index (χ0v) is 9.76. The quantitative estimate of drug-likeness (QED) is 0.766. The topological polar surface area (TPSA) is 89.7 Å².